The maximum atomic E-state index is 12.1. The van der Waals surface area contributed by atoms with Crippen molar-refractivity contribution in [3.8, 4) is 5.88 Å². The summed E-state index contributed by atoms with van der Waals surface area (Å²) in [6.07, 6.45) is 7.58. The number of carbonyl (C=O) groups is 1. The molecule has 33 heavy (non-hydrogen) atoms. The van der Waals surface area contributed by atoms with Gasteiger partial charge in [0, 0.05) is 36.9 Å². The molecule has 1 fully saturated rings. The number of nitrogens with one attached hydrogen (secondary N) is 3. The Morgan fingerprint density at radius 2 is 2.30 bits per heavy atom. The zero-order chi connectivity index (χ0) is 22.6. The zero-order valence-electron chi connectivity index (χ0n) is 18.7. The van der Waals surface area contributed by atoms with E-state index in [2.05, 4.69) is 43.8 Å². The number of amides is 1. The number of ether oxygens (including phenoxy) is 2. The summed E-state index contributed by atoms with van der Waals surface area (Å²) in [7, 11) is 0. The third-order valence-corrected chi connectivity index (χ3v) is 6.23. The van der Waals surface area contributed by atoms with Crippen LogP contribution in [0.5, 0.6) is 5.88 Å². The van der Waals surface area contributed by atoms with Crippen molar-refractivity contribution in [2.24, 2.45) is 10.9 Å². The van der Waals surface area contributed by atoms with Crippen molar-refractivity contribution in [2.75, 3.05) is 26.2 Å². The first kappa shape index (κ1) is 21.4. The highest BCUT2D eigenvalue weighted by atomic mass is 16.6. The molecule has 4 heterocycles. The first-order valence-electron chi connectivity index (χ1n) is 11.4. The number of rotatable bonds is 9. The number of hydrogen-bond acceptors (Lipinski definition) is 8. The van der Waals surface area contributed by atoms with Gasteiger partial charge in [0.2, 0.25) is 5.88 Å². The van der Waals surface area contributed by atoms with Crippen LogP contribution in [-0.4, -0.2) is 64.7 Å². The predicted octanol–water partition coefficient (Wildman–Crippen LogP) is 1.68. The molecule has 0 bridgehead atoms. The number of H-pyrrole nitrogens is 1. The second kappa shape index (κ2) is 9.62. The van der Waals surface area contributed by atoms with E-state index in [1.54, 1.807) is 23.5 Å². The van der Waals surface area contributed by atoms with Crippen LogP contribution in [0.15, 0.2) is 35.3 Å². The molecule has 2 aromatic rings. The quantitative estimate of drug-likeness (QED) is 0.497. The number of carbonyl (C=O) groups excluding carboxylic acids is 1. The van der Waals surface area contributed by atoms with E-state index in [1.165, 1.54) is 11.1 Å². The van der Waals surface area contributed by atoms with Crippen LogP contribution in [0.4, 0.5) is 4.79 Å². The molecule has 5 rings (SSSR count). The van der Waals surface area contributed by atoms with Crippen LogP contribution in [0.2, 0.25) is 0 Å². The minimum Gasteiger partial charge on any atom is -0.471 e. The zero-order valence-corrected chi connectivity index (χ0v) is 18.7. The molecule has 3 aliphatic rings. The van der Waals surface area contributed by atoms with E-state index in [-0.39, 0.29) is 12.2 Å². The van der Waals surface area contributed by atoms with Crippen LogP contribution in [-0.2, 0) is 24.2 Å². The number of cyclic esters (lactones) is 1. The summed E-state index contributed by atoms with van der Waals surface area (Å²) in [6.45, 7) is 5.42. The minimum absolute atomic E-state index is 0.121. The van der Waals surface area contributed by atoms with Gasteiger partial charge in [0.1, 0.15) is 12.7 Å². The van der Waals surface area contributed by atoms with E-state index in [1.807, 2.05) is 6.07 Å². The fourth-order valence-electron chi connectivity index (χ4n) is 4.56. The lowest BCUT2D eigenvalue weighted by atomic mass is 10.1. The molecule has 1 amide bonds. The molecule has 174 valence electrons. The number of pyridine rings is 1. The number of hydrogen-bond donors (Lipinski definition) is 3. The van der Waals surface area contributed by atoms with E-state index in [0.717, 1.165) is 43.7 Å². The molecule has 1 aliphatic carbocycles. The minimum atomic E-state index is -0.327. The monoisotopic (exact) mass is 451 g/mol. The molecule has 0 radical (unpaired) electrons. The van der Waals surface area contributed by atoms with Gasteiger partial charge in [0.15, 0.2) is 5.82 Å². The van der Waals surface area contributed by atoms with E-state index >= 15 is 0 Å². The van der Waals surface area contributed by atoms with Gasteiger partial charge in [0.25, 0.3) is 0 Å². The summed E-state index contributed by atoms with van der Waals surface area (Å²) in [5.74, 6) is 1.80. The number of nitrogens with zero attached hydrogens (tertiary/aromatic N) is 4. The third kappa shape index (κ3) is 5.00. The predicted molar refractivity (Wildman–Crippen MR) is 122 cm³/mol. The van der Waals surface area contributed by atoms with Gasteiger partial charge in [-0.1, -0.05) is 0 Å². The highest BCUT2D eigenvalue weighted by Gasteiger charge is 2.33. The van der Waals surface area contributed by atoms with Crippen LogP contribution >= 0.6 is 0 Å². The SMILES string of the molecule is Cc1nc(OCc2ccn[nH]2)cc2c1CC(CNCCC1CN(C3=CNCC=N3)C(=O)O1)C2. The molecular weight excluding hydrogens is 422 g/mol. The molecule has 3 N–H and O–H groups in total. The van der Waals surface area contributed by atoms with Crippen LogP contribution in [0.1, 0.15) is 28.9 Å². The number of aliphatic imine (C=N–C) groups is 1. The fraction of sp³-hybridized carbons (Fsp3) is 0.478. The van der Waals surface area contributed by atoms with Crippen LogP contribution in [0.3, 0.4) is 0 Å². The Morgan fingerprint density at radius 3 is 3.12 bits per heavy atom. The number of aromatic amines is 1. The molecule has 10 heteroatoms. The number of aromatic nitrogens is 3. The van der Waals surface area contributed by atoms with E-state index in [0.29, 0.717) is 37.3 Å². The first-order valence-corrected chi connectivity index (χ1v) is 11.4. The summed E-state index contributed by atoms with van der Waals surface area (Å²) in [5, 5.41) is 13.5. The lowest BCUT2D eigenvalue weighted by Crippen LogP contribution is -2.29. The molecule has 2 atom stereocenters. The van der Waals surface area contributed by atoms with Gasteiger partial charge < -0.3 is 20.1 Å². The van der Waals surface area contributed by atoms with Crippen molar-refractivity contribution in [3.63, 3.8) is 0 Å². The summed E-state index contributed by atoms with van der Waals surface area (Å²) < 4.78 is 11.4. The summed E-state index contributed by atoms with van der Waals surface area (Å²) in [4.78, 5) is 22.6. The van der Waals surface area contributed by atoms with Crippen molar-refractivity contribution in [2.45, 2.75) is 38.9 Å². The standard InChI is InChI=1S/C23H29N7O3/c1-15-20-9-16(8-17(20)10-22(28-15)32-14-18-2-5-27-29-18)11-24-4-3-19-13-30(23(31)33-19)21-12-25-6-7-26-21/h2,5,7,10,12,16,19,24-25H,3-4,6,8-9,11,13-14H2,1H3,(H,27,29). The topological polar surface area (TPSA) is 117 Å². The molecule has 2 aromatic heterocycles. The first-order chi connectivity index (χ1) is 16.2. The van der Waals surface area contributed by atoms with Gasteiger partial charge in [0.05, 0.1) is 12.2 Å². The van der Waals surface area contributed by atoms with E-state index in [4.69, 9.17) is 9.47 Å². The molecule has 1 saturated heterocycles. The van der Waals surface area contributed by atoms with Gasteiger partial charge in [-0.25, -0.2) is 14.8 Å². The lowest BCUT2D eigenvalue weighted by Gasteiger charge is -2.16. The number of fused-ring (bicyclic) bond motifs is 1. The van der Waals surface area contributed by atoms with E-state index in [9.17, 15) is 4.79 Å². The molecule has 0 spiro atoms. The van der Waals surface area contributed by atoms with Crippen LogP contribution in [0, 0.1) is 12.8 Å². The van der Waals surface area contributed by atoms with Gasteiger partial charge in [-0.2, -0.15) is 5.10 Å². The molecule has 10 nitrogen and oxygen atoms in total. The Morgan fingerprint density at radius 1 is 1.36 bits per heavy atom. The summed E-state index contributed by atoms with van der Waals surface area (Å²) in [6, 6.07) is 3.97. The van der Waals surface area contributed by atoms with Crippen LogP contribution in [0.25, 0.3) is 0 Å². The van der Waals surface area contributed by atoms with Crippen molar-refractivity contribution >= 4 is 12.3 Å². The Bertz CT molecular complexity index is 1050. The van der Waals surface area contributed by atoms with Crippen molar-refractivity contribution in [1.29, 1.82) is 0 Å². The van der Waals surface area contributed by atoms with Crippen LogP contribution < -0.4 is 15.4 Å². The van der Waals surface area contributed by atoms with Crippen molar-refractivity contribution in [1.82, 2.24) is 30.7 Å². The molecule has 2 aliphatic heterocycles. The van der Waals surface area contributed by atoms with Gasteiger partial charge in [-0.15, -0.1) is 0 Å². The Kier molecular flexibility index (Phi) is 6.25. The maximum Gasteiger partial charge on any atom is 0.415 e. The van der Waals surface area contributed by atoms with Crippen molar-refractivity contribution < 1.29 is 14.3 Å². The summed E-state index contributed by atoms with van der Waals surface area (Å²) >= 11 is 0. The second-order valence-electron chi connectivity index (χ2n) is 8.66. The smallest absolute Gasteiger partial charge is 0.415 e. The fourth-order valence-corrected chi connectivity index (χ4v) is 4.56. The second-order valence-corrected chi connectivity index (χ2v) is 8.66. The van der Waals surface area contributed by atoms with Gasteiger partial charge in [-0.05, 0) is 62.4 Å². The largest absolute Gasteiger partial charge is 0.471 e. The average Bonchev–Trinajstić information content (AvgIpc) is 3.56. The van der Waals surface area contributed by atoms with Gasteiger partial charge in [-0.3, -0.25) is 10.00 Å². The highest BCUT2D eigenvalue weighted by Crippen LogP contribution is 2.31. The summed E-state index contributed by atoms with van der Waals surface area (Å²) in [5.41, 5.74) is 4.63. The maximum absolute atomic E-state index is 12.1. The Labute approximate surface area is 192 Å². The average molecular weight is 452 g/mol. The number of aryl methyl sites for hydroxylation is 1. The van der Waals surface area contributed by atoms with E-state index < -0.39 is 0 Å². The Hall–Kier alpha value is -3.40. The third-order valence-electron chi connectivity index (χ3n) is 6.23. The molecular formula is C23H29N7O3. The molecule has 0 saturated carbocycles. The molecule has 0 aromatic carbocycles. The lowest BCUT2D eigenvalue weighted by molar-refractivity contribution is 0.130. The van der Waals surface area contributed by atoms with Crippen molar-refractivity contribution in [3.05, 3.63) is 52.9 Å². The highest BCUT2D eigenvalue weighted by molar-refractivity contribution is 5.73. The normalized spacial score (nSPS) is 21.5. The van der Waals surface area contributed by atoms with Gasteiger partial charge >= 0.3 is 6.09 Å². The molecule has 2 unspecified atom stereocenters. The Balaban J connectivity index is 1.06.